The third-order valence-electron chi connectivity index (χ3n) is 3.75. The van der Waals surface area contributed by atoms with Gasteiger partial charge >= 0.3 is 6.03 Å². The first-order valence-electron chi connectivity index (χ1n) is 7.20. The normalized spacial score (nSPS) is 17.5. The van der Waals surface area contributed by atoms with E-state index in [-0.39, 0.29) is 11.8 Å². The topological polar surface area (TPSA) is 58.2 Å². The SMILES string of the molecule is CC1=C(C(=O)c2ccc(Cl)cc2)[C@H](c2ccccc2)NC(=O)N1. The van der Waals surface area contributed by atoms with E-state index in [0.29, 0.717) is 21.9 Å². The molecule has 0 radical (unpaired) electrons. The third-order valence-corrected chi connectivity index (χ3v) is 4.01. The van der Waals surface area contributed by atoms with Crippen molar-refractivity contribution in [2.24, 2.45) is 0 Å². The van der Waals surface area contributed by atoms with Gasteiger partial charge in [-0.25, -0.2) is 4.79 Å². The minimum Gasteiger partial charge on any atom is -0.327 e. The molecule has 0 spiro atoms. The molecule has 0 aromatic heterocycles. The van der Waals surface area contributed by atoms with Crippen LogP contribution in [0, 0.1) is 0 Å². The number of rotatable bonds is 3. The van der Waals surface area contributed by atoms with Gasteiger partial charge in [-0.15, -0.1) is 0 Å². The number of carbonyl (C=O) groups is 2. The van der Waals surface area contributed by atoms with Crippen molar-refractivity contribution in [3.63, 3.8) is 0 Å². The maximum Gasteiger partial charge on any atom is 0.319 e. The van der Waals surface area contributed by atoms with Crippen molar-refractivity contribution in [3.05, 3.63) is 82.0 Å². The number of urea groups is 1. The second-order valence-electron chi connectivity index (χ2n) is 5.32. The molecule has 0 saturated carbocycles. The van der Waals surface area contributed by atoms with E-state index >= 15 is 0 Å². The fraction of sp³-hybridized carbons (Fsp3) is 0.111. The highest BCUT2D eigenvalue weighted by atomic mass is 35.5. The lowest BCUT2D eigenvalue weighted by Crippen LogP contribution is -2.45. The summed E-state index contributed by atoms with van der Waals surface area (Å²) in [6, 6.07) is 15.4. The van der Waals surface area contributed by atoms with Crippen LogP contribution in [-0.4, -0.2) is 11.8 Å². The molecule has 4 nitrogen and oxygen atoms in total. The third kappa shape index (κ3) is 3.12. The van der Waals surface area contributed by atoms with E-state index in [1.54, 1.807) is 31.2 Å². The van der Waals surface area contributed by atoms with E-state index in [4.69, 9.17) is 11.6 Å². The summed E-state index contributed by atoms with van der Waals surface area (Å²) in [6.07, 6.45) is 0. The predicted molar refractivity (Wildman–Crippen MR) is 89.3 cm³/mol. The number of allylic oxidation sites excluding steroid dienone is 1. The van der Waals surface area contributed by atoms with Crippen LogP contribution in [0.15, 0.2) is 65.9 Å². The lowest BCUT2D eigenvalue weighted by molar-refractivity contribution is 0.102. The van der Waals surface area contributed by atoms with Crippen molar-refractivity contribution in [2.45, 2.75) is 13.0 Å². The van der Waals surface area contributed by atoms with Crippen LogP contribution < -0.4 is 10.6 Å². The number of halogens is 1. The molecule has 1 aliphatic rings. The predicted octanol–water partition coefficient (Wildman–Crippen LogP) is 3.85. The smallest absolute Gasteiger partial charge is 0.319 e. The molecule has 5 heteroatoms. The van der Waals surface area contributed by atoms with Gasteiger partial charge in [-0.05, 0) is 36.8 Å². The van der Waals surface area contributed by atoms with Gasteiger partial charge < -0.3 is 10.6 Å². The number of ketones is 1. The molecule has 3 rings (SSSR count). The molecule has 2 aromatic carbocycles. The average Bonchev–Trinajstić information content (AvgIpc) is 2.55. The number of Topliss-reactive ketones (excluding diaryl/α,β-unsaturated/α-hetero) is 1. The van der Waals surface area contributed by atoms with Crippen LogP contribution in [0.5, 0.6) is 0 Å². The van der Waals surface area contributed by atoms with Crippen molar-refractivity contribution >= 4 is 23.4 Å². The quantitative estimate of drug-likeness (QED) is 0.842. The van der Waals surface area contributed by atoms with Crippen LogP contribution in [0.2, 0.25) is 5.02 Å². The zero-order valence-electron chi connectivity index (χ0n) is 12.5. The maximum absolute atomic E-state index is 12.9. The molecule has 0 aliphatic carbocycles. The first kappa shape index (κ1) is 15.3. The molecular formula is C18H15ClN2O2. The molecule has 2 aromatic rings. The molecule has 1 atom stereocenters. The molecule has 23 heavy (non-hydrogen) atoms. The van der Waals surface area contributed by atoms with Crippen molar-refractivity contribution < 1.29 is 9.59 Å². The molecule has 2 N–H and O–H groups in total. The van der Waals surface area contributed by atoms with Gasteiger partial charge in [0.05, 0.1) is 6.04 Å². The fourth-order valence-corrected chi connectivity index (χ4v) is 2.77. The van der Waals surface area contributed by atoms with Gasteiger partial charge in [0.15, 0.2) is 5.78 Å². The zero-order chi connectivity index (χ0) is 16.4. The highest BCUT2D eigenvalue weighted by Gasteiger charge is 2.31. The standard InChI is InChI=1S/C18H15ClN2O2/c1-11-15(17(22)13-7-9-14(19)10-8-13)16(21-18(23)20-11)12-5-3-2-4-6-12/h2-10,16H,1H3,(H2,20,21,23)/t16-/m0/s1. The monoisotopic (exact) mass is 326 g/mol. The summed E-state index contributed by atoms with van der Waals surface area (Å²) >= 11 is 5.88. The summed E-state index contributed by atoms with van der Waals surface area (Å²) in [4.78, 5) is 24.7. The maximum atomic E-state index is 12.9. The van der Waals surface area contributed by atoms with Crippen molar-refractivity contribution in [1.82, 2.24) is 10.6 Å². The van der Waals surface area contributed by atoms with Crippen molar-refractivity contribution in [1.29, 1.82) is 0 Å². The molecule has 116 valence electrons. The number of hydrogen-bond acceptors (Lipinski definition) is 2. The Morgan fingerprint density at radius 2 is 1.70 bits per heavy atom. The van der Waals surface area contributed by atoms with E-state index in [2.05, 4.69) is 10.6 Å². The Kier molecular flexibility index (Phi) is 4.17. The molecular weight excluding hydrogens is 312 g/mol. The molecule has 2 amide bonds. The number of nitrogens with one attached hydrogen (secondary N) is 2. The highest BCUT2D eigenvalue weighted by Crippen LogP contribution is 2.29. The van der Waals surface area contributed by atoms with Gasteiger partial charge in [0.2, 0.25) is 0 Å². The first-order valence-corrected chi connectivity index (χ1v) is 7.57. The lowest BCUT2D eigenvalue weighted by atomic mass is 9.90. The molecule has 0 saturated heterocycles. The van der Waals surface area contributed by atoms with E-state index in [9.17, 15) is 9.59 Å². The minimum absolute atomic E-state index is 0.138. The highest BCUT2D eigenvalue weighted by molar-refractivity contribution is 6.30. The van der Waals surface area contributed by atoms with Gasteiger partial charge in [-0.3, -0.25) is 4.79 Å². The number of carbonyl (C=O) groups excluding carboxylic acids is 2. The van der Waals surface area contributed by atoms with Crippen molar-refractivity contribution in [2.75, 3.05) is 0 Å². The van der Waals surface area contributed by atoms with Gasteiger partial charge in [-0.1, -0.05) is 41.9 Å². The molecule has 1 heterocycles. The van der Waals surface area contributed by atoms with Gasteiger partial charge in [0.1, 0.15) is 0 Å². The van der Waals surface area contributed by atoms with Crippen LogP contribution in [0.3, 0.4) is 0 Å². The van der Waals surface area contributed by atoms with Crippen LogP contribution in [0.1, 0.15) is 28.9 Å². The van der Waals surface area contributed by atoms with Gasteiger partial charge in [-0.2, -0.15) is 0 Å². The van der Waals surface area contributed by atoms with E-state index in [1.165, 1.54) is 0 Å². The Morgan fingerprint density at radius 3 is 2.35 bits per heavy atom. The summed E-state index contributed by atoms with van der Waals surface area (Å²) in [5.41, 5.74) is 2.47. The van der Waals surface area contributed by atoms with Crippen LogP contribution in [0.4, 0.5) is 4.79 Å². The first-order chi connectivity index (χ1) is 11.1. The summed E-state index contributed by atoms with van der Waals surface area (Å²) in [5, 5.41) is 6.07. The Hall–Kier alpha value is -2.59. The average molecular weight is 327 g/mol. The molecule has 0 bridgehead atoms. The van der Waals surface area contributed by atoms with Gasteiger partial charge in [0.25, 0.3) is 0 Å². The summed E-state index contributed by atoms with van der Waals surface area (Å²) in [7, 11) is 0. The Labute approximate surface area is 139 Å². The Bertz CT molecular complexity index is 782. The van der Waals surface area contributed by atoms with Crippen LogP contribution in [0.25, 0.3) is 0 Å². The Morgan fingerprint density at radius 1 is 1.04 bits per heavy atom. The fourth-order valence-electron chi connectivity index (χ4n) is 2.65. The van der Waals surface area contributed by atoms with E-state index in [0.717, 1.165) is 5.56 Å². The minimum atomic E-state index is -0.479. The summed E-state index contributed by atoms with van der Waals surface area (Å²) < 4.78 is 0. The molecule has 1 aliphatic heterocycles. The molecule has 0 unspecified atom stereocenters. The second kappa shape index (κ2) is 6.26. The van der Waals surface area contributed by atoms with Gasteiger partial charge in [0, 0.05) is 21.9 Å². The van der Waals surface area contributed by atoms with Crippen LogP contribution in [-0.2, 0) is 0 Å². The summed E-state index contributed by atoms with van der Waals surface area (Å²) in [6.45, 7) is 1.73. The largest absolute Gasteiger partial charge is 0.327 e. The zero-order valence-corrected chi connectivity index (χ0v) is 13.2. The Balaban J connectivity index is 2.05. The number of benzene rings is 2. The van der Waals surface area contributed by atoms with Crippen molar-refractivity contribution in [3.8, 4) is 0 Å². The molecule has 0 fully saturated rings. The van der Waals surface area contributed by atoms with Crippen LogP contribution >= 0.6 is 11.6 Å². The number of hydrogen-bond donors (Lipinski definition) is 2. The summed E-state index contributed by atoms with van der Waals surface area (Å²) in [5.74, 6) is -0.138. The second-order valence-corrected chi connectivity index (χ2v) is 5.75. The van der Waals surface area contributed by atoms with E-state index in [1.807, 2.05) is 30.3 Å². The lowest BCUT2D eigenvalue weighted by Gasteiger charge is -2.28. The number of amides is 2. The van der Waals surface area contributed by atoms with E-state index < -0.39 is 6.04 Å².